The fraction of sp³-hybridized carbons (Fsp3) is 0.231. The van der Waals surface area contributed by atoms with Crippen molar-refractivity contribution >= 4 is 33.3 Å². The van der Waals surface area contributed by atoms with E-state index in [9.17, 15) is 4.39 Å². The highest BCUT2D eigenvalue weighted by Crippen LogP contribution is 2.26. The van der Waals surface area contributed by atoms with Gasteiger partial charge in [-0.3, -0.25) is 0 Å². The van der Waals surface area contributed by atoms with Gasteiger partial charge in [0.05, 0.1) is 5.69 Å². The molecule has 1 aromatic heterocycles. The van der Waals surface area contributed by atoms with Crippen LogP contribution in [-0.4, -0.2) is 9.97 Å². The predicted molar refractivity (Wildman–Crippen MR) is 81.2 cm³/mol. The molecule has 0 spiro atoms. The van der Waals surface area contributed by atoms with Crippen LogP contribution in [0, 0.1) is 5.82 Å². The molecule has 0 saturated heterocycles. The van der Waals surface area contributed by atoms with E-state index in [2.05, 4.69) is 36.6 Å². The largest absolute Gasteiger partial charge is 0.339 e. The van der Waals surface area contributed by atoms with Gasteiger partial charge in [0.25, 0.3) is 0 Å². The van der Waals surface area contributed by atoms with Gasteiger partial charge in [-0.1, -0.05) is 6.92 Å². The van der Waals surface area contributed by atoms with Crippen LogP contribution in [0.2, 0.25) is 0 Å². The predicted octanol–water partition coefficient (Wildman–Crippen LogP) is 3.36. The summed E-state index contributed by atoms with van der Waals surface area (Å²) in [6, 6.07) is 6.07. The molecular formula is C13H15BrFN5. The molecular weight excluding hydrogens is 325 g/mol. The second-order valence-electron chi connectivity index (χ2n) is 4.20. The highest BCUT2D eigenvalue weighted by Gasteiger charge is 2.07. The standard InChI is InChI=1S/C13H15BrFN5/c1-2-3-11-18-12(7-13(19-11)20-16)17-10-6-8(15)4-5-9(10)14/h4-7H,2-3,16H2,1H3,(H2,17,18,19,20). The molecule has 1 aromatic carbocycles. The Morgan fingerprint density at radius 3 is 2.70 bits per heavy atom. The fourth-order valence-electron chi connectivity index (χ4n) is 1.70. The molecule has 0 bridgehead atoms. The first-order chi connectivity index (χ1) is 9.62. The molecule has 1 heterocycles. The number of halogens is 2. The van der Waals surface area contributed by atoms with Crippen molar-refractivity contribution in [1.82, 2.24) is 9.97 Å². The van der Waals surface area contributed by atoms with E-state index in [1.165, 1.54) is 12.1 Å². The Kier molecular flexibility index (Phi) is 4.86. The third-order valence-corrected chi connectivity index (χ3v) is 3.28. The van der Waals surface area contributed by atoms with Crippen LogP contribution in [-0.2, 0) is 6.42 Å². The van der Waals surface area contributed by atoms with Crippen molar-refractivity contribution in [3.05, 3.63) is 40.4 Å². The molecule has 2 aromatic rings. The average molecular weight is 340 g/mol. The second kappa shape index (κ2) is 6.62. The molecule has 0 aliphatic rings. The van der Waals surface area contributed by atoms with Crippen molar-refractivity contribution in [2.75, 3.05) is 10.7 Å². The average Bonchev–Trinajstić information content (AvgIpc) is 2.43. The number of anilines is 3. The molecule has 0 fully saturated rings. The molecule has 0 unspecified atom stereocenters. The smallest absolute Gasteiger partial charge is 0.145 e. The summed E-state index contributed by atoms with van der Waals surface area (Å²) >= 11 is 3.36. The van der Waals surface area contributed by atoms with Crippen LogP contribution in [0.5, 0.6) is 0 Å². The maximum absolute atomic E-state index is 13.3. The van der Waals surface area contributed by atoms with Gasteiger partial charge in [-0.2, -0.15) is 0 Å². The van der Waals surface area contributed by atoms with Crippen LogP contribution in [0.15, 0.2) is 28.7 Å². The van der Waals surface area contributed by atoms with Crippen LogP contribution in [0.3, 0.4) is 0 Å². The van der Waals surface area contributed by atoms with Gasteiger partial charge in [-0.05, 0) is 40.5 Å². The quantitative estimate of drug-likeness (QED) is 0.575. The van der Waals surface area contributed by atoms with Gasteiger partial charge in [0.1, 0.15) is 23.3 Å². The van der Waals surface area contributed by atoms with Crippen molar-refractivity contribution in [2.24, 2.45) is 5.84 Å². The molecule has 106 valence electrons. The maximum atomic E-state index is 13.3. The van der Waals surface area contributed by atoms with Crippen molar-refractivity contribution < 1.29 is 4.39 Å². The molecule has 0 saturated carbocycles. The Morgan fingerprint density at radius 2 is 2.00 bits per heavy atom. The highest BCUT2D eigenvalue weighted by molar-refractivity contribution is 9.10. The number of nitrogen functional groups attached to an aromatic ring is 1. The van der Waals surface area contributed by atoms with Gasteiger partial charge < -0.3 is 10.7 Å². The number of nitrogens with two attached hydrogens (primary N) is 1. The van der Waals surface area contributed by atoms with Crippen LogP contribution < -0.4 is 16.6 Å². The lowest BCUT2D eigenvalue weighted by Crippen LogP contribution is -2.11. The topological polar surface area (TPSA) is 75.9 Å². The molecule has 2 rings (SSSR count). The first-order valence-corrected chi connectivity index (χ1v) is 6.98. The number of nitrogens with one attached hydrogen (secondary N) is 2. The van der Waals surface area contributed by atoms with E-state index in [0.29, 0.717) is 23.1 Å². The lowest BCUT2D eigenvalue weighted by atomic mass is 10.3. The summed E-state index contributed by atoms with van der Waals surface area (Å²) in [7, 11) is 0. The maximum Gasteiger partial charge on any atom is 0.145 e. The monoisotopic (exact) mass is 339 g/mol. The summed E-state index contributed by atoms with van der Waals surface area (Å²) < 4.78 is 14.0. The molecule has 4 N–H and O–H groups in total. The van der Waals surface area contributed by atoms with E-state index in [1.807, 2.05) is 6.92 Å². The van der Waals surface area contributed by atoms with E-state index in [4.69, 9.17) is 5.84 Å². The highest BCUT2D eigenvalue weighted by atomic mass is 79.9. The number of aryl methyl sites for hydroxylation is 1. The normalized spacial score (nSPS) is 10.4. The Morgan fingerprint density at radius 1 is 1.25 bits per heavy atom. The number of hydrogen-bond donors (Lipinski definition) is 3. The summed E-state index contributed by atoms with van der Waals surface area (Å²) in [6.07, 6.45) is 1.67. The first kappa shape index (κ1) is 14.7. The number of benzene rings is 1. The van der Waals surface area contributed by atoms with Crippen molar-refractivity contribution in [1.29, 1.82) is 0 Å². The summed E-state index contributed by atoms with van der Waals surface area (Å²) in [5.41, 5.74) is 3.09. The zero-order valence-electron chi connectivity index (χ0n) is 11.0. The van der Waals surface area contributed by atoms with Gasteiger partial charge in [0.2, 0.25) is 0 Å². The molecule has 5 nitrogen and oxygen atoms in total. The lowest BCUT2D eigenvalue weighted by Gasteiger charge is -2.11. The van der Waals surface area contributed by atoms with Crippen LogP contribution in [0.4, 0.5) is 21.7 Å². The minimum absolute atomic E-state index is 0.323. The van der Waals surface area contributed by atoms with Crippen molar-refractivity contribution in [3.63, 3.8) is 0 Å². The molecule has 20 heavy (non-hydrogen) atoms. The zero-order chi connectivity index (χ0) is 14.5. The summed E-state index contributed by atoms with van der Waals surface area (Å²) in [5, 5.41) is 3.05. The molecule has 0 aliphatic heterocycles. The number of rotatable bonds is 5. The summed E-state index contributed by atoms with van der Waals surface area (Å²) in [4.78, 5) is 8.63. The summed E-state index contributed by atoms with van der Waals surface area (Å²) in [6.45, 7) is 2.04. The molecule has 0 radical (unpaired) electrons. The second-order valence-corrected chi connectivity index (χ2v) is 5.05. The lowest BCUT2D eigenvalue weighted by molar-refractivity contribution is 0.628. The van der Waals surface area contributed by atoms with E-state index < -0.39 is 0 Å². The zero-order valence-corrected chi connectivity index (χ0v) is 12.5. The SMILES string of the molecule is CCCc1nc(NN)cc(Nc2cc(F)ccc2Br)n1. The number of hydrogen-bond acceptors (Lipinski definition) is 5. The Hall–Kier alpha value is -1.73. The third kappa shape index (κ3) is 3.64. The summed E-state index contributed by atoms with van der Waals surface area (Å²) in [5.74, 6) is 6.82. The molecule has 0 amide bonds. The van der Waals surface area contributed by atoms with E-state index in [0.717, 1.165) is 17.3 Å². The van der Waals surface area contributed by atoms with E-state index in [1.54, 1.807) is 12.1 Å². The van der Waals surface area contributed by atoms with Crippen LogP contribution >= 0.6 is 15.9 Å². The van der Waals surface area contributed by atoms with Gasteiger partial charge in [-0.25, -0.2) is 20.2 Å². The molecule has 7 heteroatoms. The van der Waals surface area contributed by atoms with Gasteiger partial charge in [0.15, 0.2) is 0 Å². The molecule has 0 atom stereocenters. The van der Waals surface area contributed by atoms with E-state index >= 15 is 0 Å². The number of nitrogens with zero attached hydrogens (tertiary/aromatic N) is 2. The van der Waals surface area contributed by atoms with E-state index in [-0.39, 0.29) is 5.82 Å². The van der Waals surface area contributed by atoms with Crippen LogP contribution in [0.25, 0.3) is 0 Å². The first-order valence-electron chi connectivity index (χ1n) is 6.19. The van der Waals surface area contributed by atoms with Crippen molar-refractivity contribution in [2.45, 2.75) is 19.8 Å². The van der Waals surface area contributed by atoms with Crippen LogP contribution in [0.1, 0.15) is 19.2 Å². The number of aromatic nitrogens is 2. The Labute approximate surface area is 124 Å². The minimum Gasteiger partial charge on any atom is -0.339 e. The van der Waals surface area contributed by atoms with Gasteiger partial charge in [-0.15, -0.1) is 0 Å². The third-order valence-electron chi connectivity index (χ3n) is 2.59. The number of hydrazine groups is 1. The minimum atomic E-state index is -0.323. The van der Waals surface area contributed by atoms with Gasteiger partial charge in [0, 0.05) is 17.0 Å². The Balaban J connectivity index is 2.32. The van der Waals surface area contributed by atoms with Gasteiger partial charge >= 0.3 is 0 Å². The Bertz CT molecular complexity index is 605. The molecule has 0 aliphatic carbocycles. The fourth-order valence-corrected chi connectivity index (χ4v) is 2.05. The van der Waals surface area contributed by atoms with Crippen molar-refractivity contribution in [3.8, 4) is 0 Å².